The number of hydrogen-bond donors (Lipinski definition) is 1. The number of rotatable bonds is 5. The molecule has 1 aliphatic heterocycles. The van der Waals surface area contributed by atoms with Gasteiger partial charge in [0, 0.05) is 25.2 Å². The molecule has 28 heavy (non-hydrogen) atoms. The van der Waals surface area contributed by atoms with Crippen LogP contribution >= 0.6 is 0 Å². The molecule has 3 heterocycles. The Morgan fingerprint density at radius 1 is 1.29 bits per heavy atom. The molecule has 2 aromatic rings. The van der Waals surface area contributed by atoms with E-state index in [-0.39, 0.29) is 18.6 Å². The van der Waals surface area contributed by atoms with Crippen molar-refractivity contribution in [3.8, 4) is 0 Å². The van der Waals surface area contributed by atoms with Crippen molar-refractivity contribution in [3.63, 3.8) is 0 Å². The monoisotopic (exact) mass is 385 g/mol. The first-order chi connectivity index (χ1) is 13.7. The van der Waals surface area contributed by atoms with Crippen molar-refractivity contribution in [2.45, 2.75) is 51.0 Å². The number of nitrogens with zero attached hydrogens (tertiary/aromatic N) is 4. The Balaban J connectivity index is 1.50. The van der Waals surface area contributed by atoms with Gasteiger partial charge >= 0.3 is 12.0 Å². The Bertz CT molecular complexity index is 859. The van der Waals surface area contributed by atoms with Crippen molar-refractivity contribution in [2.75, 3.05) is 26.2 Å². The second-order valence-electron chi connectivity index (χ2n) is 7.52. The summed E-state index contributed by atoms with van der Waals surface area (Å²) in [6.07, 6.45) is 7.48. The Morgan fingerprint density at radius 3 is 2.89 bits per heavy atom. The standard InChI is InChI=1S/C20H27N5O3/c1-2-28-17(26)12-22-20(27)24-11-9-15(13-24)25-18(14-6-3-4-7-14)23-16-8-5-10-21-19(16)25/h5,8,10,14-15H,2-4,6-7,9,11-13H2,1H3,(H,22,27)/t15-/m0/s1. The van der Waals surface area contributed by atoms with E-state index >= 15 is 0 Å². The van der Waals surface area contributed by atoms with E-state index in [1.54, 1.807) is 18.0 Å². The maximum absolute atomic E-state index is 12.4. The van der Waals surface area contributed by atoms with Crippen LogP contribution in [-0.2, 0) is 9.53 Å². The molecule has 0 bridgehead atoms. The third-order valence-corrected chi connectivity index (χ3v) is 5.70. The van der Waals surface area contributed by atoms with Crippen molar-refractivity contribution >= 4 is 23.2 Å². The number of likely N-dealkylation sites (tertiary alicyclic amines) is 1. The zero-order chi connectivity index (χ0) is 19.5. The Kier molecular flexibility index (Phi) is 5.45. The van der Waals surface area contributed by atoms with Gasteiger partial charge in [-0.2, -0.15) is 0 Å². The fourth-order valence-corrected chi connectivity index (χ4v) is 4.39. The van der Waals surface area contributed by atoms with Crippen molar-refractivity contribution in [2.24, 2.45) is 0 Å². The maximum atomic E-state index is 12.4. The van der Waals surface area contributed by atoms with E-state index in [2.05, 4.69) is 14.9 Å². The second-order valence-corrected chi connectivity index (χ2v) is 7.52. The fraction of sp³-hybridized carbons (Fsp3) is 0.600. The van der Waals surface area contributed by atoms with Crippen LogP contribution < -0.4 is 5.32 Å². The number of imidazole rings is 1. The normalized spacial score (nSPS) is 20.0. The SMILES string of the molecule is CCOC(=O)CNC(=O)N1CC[C@H](n2c(C3CCCC3)nc3cccnc32)C1. The summed E-state index contributed by atoms with van der Waals surface area (Å²) in [5.74, 6) is 1.17. The van der Waals surface area contributed by atoms with Crippen molar-refractivity contribution in [1.82, 2.24) is 24.8 Å². The first kappa shape index (κ1) is 18.7. The third kappa shape index (κ3) is 3.68. The highest BCUT2D eigenvalue weighted by Crippen LogP contribution is 2.37. The zero-order valence-corrected chi connectivity index (χ0v) is 16.3. The van der Waals surface area contributed by atoms with Crippen molar-refractivity contribution < 1.29 is 14.3 Å². The molecule has 2 aliphatic rings. The predicted molar refractivity (Wildman–Crippen MR) is 104 cm³/mol. The number of pyridine rings is 1. The number of carbonyl (C=O) groups excluding carboxylic acids is 2. The molecule has 1 aliphatic carbocycles. The summed E-state index contributed by atoms with van der Waals surface area (Å²) in [5, 5.41) is 2.65. The number of hydrogen-bond acceptors (Lipinski definition) is 5. The van der Waals surface area contributed by atoms with Crippen LogP contribution in [0, 0.1) is 0 Å². The molecule has 1 saturated heterocycles. The lowest BCUT2D eigenvalue weighted by molar-refractivity contribution is -0.141. The molecule has 0 radical (unpaired) electrons. The molecule has 1 N–H and O–H groups in total. The molecule has 0 spiro atoms. The number of carbonyl (C=O) groups is 2. The van der Waals surface area contributed by atoms with Crippen LogP contribution in [0.3, 0.4) is 0 Å². The van der Waals surface area contributed by atoms with Gasteiger partial charge in [-0.25, -0.2) is 14.8 Å². The summed E-state index contributed by atoms with van der Waals surface area (Å²) >= 11 is 0. The molecule has 150 valence electrons. The molecule has 1 atom stereocenters. The maximum Gasteiger partial charge on any atom is 0.325 e. The van der Waals surface area contributed by atoms with Crippen LogP contribution in [0.2, 0.25) is 0 Å². The number of ether oxygens (including phenoxy) is 1. The lowest BCUT2D eigenvalue weighted by Gasteiger charge is -2.20. The number of esters is 1. The first-order valence-corrected chi connectivity index (χ1v) is 10.2. The van der Waals surface area contributed by atoms with Gasteiger partial charge < -0.3 is 19.5 Å². The Hall–Kier alpha value is -2.64. The van der Waals surface area contributed by atoms with E-state index in [1.807, 2.05) is 12.1 Å². The van der Waals surface area contributed by atoms with Crippen molar-refractivity contribution in [1.29, 1.82) is 0 Å². The summed E-state index contributed by atoms with van der Waals surface area (Å²) in [7, 11) is 0. The van der Waals surface area contributed by atoms with Gasteiger partial charge in [-0.1, -0.05) is 12.8 Å². The summed E-state index contributed by atoms with van der Waals surface area (Å²) in [5.41, 5.74) is 1.83. The average molecular weight is 385 g/mol. The van der Waals surface area contributed by atoms with Gasteiger partial charge in [0.05, 0.1) is 12.6 Å². The molecule has 2 fully saturated rings. The van der Waals surface area contributed by atoms with Crippen LogP contribution in [0.5, 0.6) is 0 Å². The Morgan fingerprint density at radius 2 is 2.11 bits per heavy atom. The third-order valence-electron chi connectivity index (χ3n) is 5.70. The quantitative estimate of drug-likeness (QED) is 0.799. The zero-order valence-electron chi connectivity index (χ0n) is 16.3. The second kappa shape index (κ2) is 8.16. The van der Waals surface area contributed by atoms with E-state index in [9.17, 15) is 9.59 Å². The van der Waals surface area contributed by atoms with Gasteiger partial charge in [-0.05, 0) is 38.3 Å². The number of fused-ring (bicyclic) bond motifs is 1. The average Bonchev–Trinajstić information content (AvgIpc) is 3.44. The summed E-state index contributed by atoms with van der Waals surface area (Å²) in [6, 6.07) is 3.86. The van der Waals surface area contributed by atoms with Crippen LogP contribution in [0.4, 0.5) is 4.79 Å². The molecule has 4 rings (SSSR count). The first-order valence-electron chi connectivity index (χ1n) is 10.2. The molecule has 1 saturated carbocycles. The van der Waals surface area contributed by atoms with Gasteiger partial charge in [0.25, 0.3) is 0 Å². The number of aromatic nitrogens is 3. The summed E-state index contributed by atoms with van der Waals surface area (Å²) in [6.45, 7) is 3.20. The molecular formula is C20H27N5O3. The minimum atomic E-state index is -0.417. The minimum absolute atomic E-state index is 0.100. The predicted octanol–water partition coefficient (Wildman–Crippen LogP) is 2.61. The van der Waals surface area contributed by atoms with E-state index in [1.165, 1.54) is 25.7 Å². The van der Waals surface area contributed by atoms with Gasteiger partial charge in [0.2, 0.25) is 0 Å². The van der Waals surface area contributed by atoms with Crippen LogP contribution in [0.25, 0.3) is 11.2 Å². The van der Waals surface area contributed by atoms with E-state index < -0.39 is 5.97 Å². The summed E-state index contributed by atoms with van der Waals surface area (Å²) in [4.78, 5) is 35.2. The molecular weight excluding hydrogens is 358 g/mol. The Labute approximate surface area is 164 Å². The smallest absolute Gasteiger partial charge is 0.325 e. The van der Waals surface area contributed by atoms with Gasteiger partial charge in [0.1, 0.15) is 17.9 Å². The highest BCUT2D eigenvalue weighted by molar-refractivity contribution is 5.81. The summed E-state index contributed by atoms with van der Waals surface area (Å²) < 4.78 is 7.13. The van der Waals surface area contributed by atoms with Crippen LogP contribution in [0.1, 0.15) is 56.8 Å². The highest BCUT2D eigenvalue weighted by Gasteiger charge is 2.33. The fourth-order valence-electron chi connectivity index (χ4n) is 4.39. The number of amides is 2. The van der Waals surface area contributed by atoms with Crippen LogP contribution in [-0.4, -0.2) is 57.7 Å². The van der Waals surface area contributed by atoms with E-state index in [0.717, 1.165) is 23.4 Å². The molecule has 2 amide bonds. The van der Waals surface area contributed by atoms with Gasteiger partial charge in [-0.3, -0.25) is 4.79 Å². The lowest BCUT2D eigenvalue weighted by atomic mass is 10.1. The number of urea groups is 1. The van der Waals surface area contributed by atoms with Crippen molar-refractivity contribution in [3.05, 3.63) is 24.2 Å². The van der Waals surface area contributed by atoms with E-state index in [4.69, 9.17) is 9.72 Å². The molecule has 8 heteroatoms. The van der Waals surface area contributed by atoms with Crippen LogP contribution in [0.15, 0.2) is 18.3 Å². The lowest BCUT2D eigenvalue weighted by Crippen LogP contribution is -2.41. The van der Waals surface area contributed by atoms with E-state index in [0.29, 0.717) is 25.6 Å². The molecule has 0 unspecified atom stereocenters. The number of nitrogens with one attached hydrogen (secondary N) is 1. The van der Waals surface area contributed by atoms with Gasteiger partial charge in [-0.15, -0.1) is 0 Å². The largest absolute Gasteiger partial charge is 0.465 e. The minimum Gasteiger partial charge on any atom is -0.465 e. The highest BCUT2D eigenvalue weighted by atomic mass is 16.5. The molecule has 0 aromatic carbocycles. The van der Waals surface area contributed by atoms with Gasteiger partial charge in [0.15, 0.2) is 5.65 Å². The topological polar surface area (TPSA) is 89.4 Å². The molecule has 8 nitrogen and oxygen atoms in total. The molecule has 2 aromatic heterocycles.